The summed E-state index contributed by atoms with van der Waals surface area (Å²) in [5, 5.41) is 10.3. The molecule has 0 aliphatic heterocycles. The van der Waals surface area contributed by atoms with E-state index >= 15 is 0 Å². The SMILES string of the molecule is O=[N+]([O-])c1ccc(C#C/C=C/Cl)cc1. The van der Waals surface area contributed by atoms with Crippen molar-refractivity contribution in [3.05, 3.63) is 51.6 Å². The van der Waals surface area contributed by atoms with Gasteiger partial charge in [-0.15, -0.1) is 0 Å². The minimum atomic E-state index is -0.449. The summed E-state index contributed by atoms with van der Waals surface area (Å²) >= 11 is 5.26. The fraction of sp³-hybridized carbons (Fsp3) is 0. The second-order valence-electron chi connectivity index (χ2n) is 2.37. The highest BCUT2D eigenvalue weighted by atomic mass is 35.5. The Hall–Kier alpha value is -1.79. The molecule has 0 bridgehead atoms. The monoisotopic (exact) mass is 207 g/mol. The molecule has 1 aromatic rings. The Morgan fingerprint density at radius 1 is 1.36 bits per heavy atom. The van der Waals surface area contributed by atoms with Crippen LogP contribution < -0.4 is 0 Å². The van der Waals surface area contributed by atoms with Crippen LogP contribution in [0.3, 0.4) is 0 Å². The van der Waals surface area contributed by atoms with E-state index in [9.17, 15) is 10.1 Å². The minimum absolute atomic E-state index is 0.0587. The molecule has 3 nitrogen and oxygen atoms in total. The number of benzene rings is 1. The largest absolute Gasteiger partial charge is 0.269 e. The second kappa shape index (κ2) is 5.05. The summed E-state index contributed by atoms with van der Waals surface area (Å²) in [4.78, 5) is 9.86. The zero-order chi connectivity index (χ0) is 10.4. The van der Waals surface area contributed by atoms with E-state index in [-0.39, 0.29) is 5.69 Å². The third kappa shape index (κ3) is 2.92. The lowest BCUT2D eigenvalue weighted by molar-refractivity contribution is -0.384. The number of non-ortho nitro benzene ring substituents is 1. The van der Waals surface area contributed by atoms with E-state index in [0.717, 1.165) is 0 Å². The van der Waals surface area contributed by atoms with E-state index in [4.69, 9.17) is 11.6 Å². The van der Waals surface area contributed by atoms with Gasteiger partial charge in [-0.1, -0.05) is 23.4 Å². The number of rotatable bonds is 1. The molecule has 0 aliphatic rings. The van der Waals surface area contributed by atoms with Crippen molar-refractivity contribution in [1.29, 1.82) is 0 Å². The number of nitro groups is 1. The molecule has 0 heterocycles. The molecule has 4 heteroatoms. The molecule has 0 aromatic heterocycles. The van der Waals surface area contributed by atoms with Gasteiger partial charge in [0.05, 0.1) is 4.92 Å². The lowest BCUT2D eigenvalue weighted by Gasteiger charge is -1.90. The van der Waals surface area contributed by atoms with Crippen molar-refractivity contribution in [2.75, 3.05) is 0 Å². The van der Waals surface area contributed by atoms with E-state index < -0.39 is 4.92 Å². The predicted molar refractivity (Wildman–Crippen MR) is 55.0 cm³/mol. The summed E-state index contributed by atoms with van der Waals surface area (Å²) in [5.41, 5.74) is 2.08. The zero-order valence-corrected chi connectivity index (χ0v) is 7.86. The standard InChI is InChI=1S/C10H6ClNO2/c11-8-2-1-3-9-4-6-10(7-5-9)12(13)14/h2,4-8H/b8-2+. The normalized spacial score (nSPS) is 9.50. The van der Waals surface area contributed by atoms with Gasteiger partial charge in [-0.2, -0.15) is 0 Å². The highest BCUT2D eigenvalue weighted by Crippen LogP contribution is 2.10. The van der Waals surface area contributed by atoms with Crippen molar-refractivity contribution >= 4 is 17.3 Å². The molecule has 0 atom stereocenters. The molecule has 14 heavy (non-hydrogen) atoms. The molecule has 1 rings (SSSR count). The molecule has 0 spiro atoms. The van der Waals surface area contributed by atoms with E-state index in [1.165, 1.54) is 23.7 Å². The van der Waals surface area contributed by atoms with Gasteiger partial charge in [-0.25, -0.2) is 0 Å². The third-order valence-electron chi connectivity index (χ3n) is 1.44. The molecule has 0 radical (unpaired) electrons. The van der Waals surface area contributed by atoms with Gasteiger partial charge in [0.1, 0.15) is 0 Å². The van der Waals surface area contributed by atoms with Crippen molar-refractivity contribution in [2.45, 2.75) is 0 Å². The van der Waals surface area contributed by atoms with Crippen LogP contribution in [0.1, 0.15) is 5.56 Å². The predicted octanol–water partition coefficient (Wildman–Crippen LogP) is 2.70. The maximum Gasteiger partial charge on any atom is 0.269 e. The number of halogens is 1. The lowest BCUT2D eigenvalue weighted by atomic mass is 10.2. The number of allylic oxidation sites excluding steroid dienone is 1. The number of nitro benzene ring substituents is 1. The van der Waals surface area contributed by atoms with Crippen LogP contribution in [0.2, 0.25) is 0 Å². The Bertz CT molecular complexity index is 412. The summed E-state index contributed by atoms with van der Waals surface area (Å²) in [6.07, 6.45) is 1.49. The van der Waals surface area contributed by atoms with E-state index in [1.54, 1.807) is 12.1 Å². The number of nitrogens with zero attached hydrogens (tertiary/aromatic N) is 1. The molecule has 0 amide bonds. The van der Waals surface area contributed by atoms with Gasteiger partial charge in [0.15, 0.2) is 0 Å². The molecule has 0 saturated heterocycles. The maximum absolute atomic E-state index is 10.3. The van der Waals surface area contributed by atoms with Crippen LogP contribution in [0.5, 0.6) is 0 Å². The first kappa shape index (κ1) is 10.3. The molecule has 0 unspecified atom stereocenters. The summed E-state index contributed by atoms with van der Waals surface area (Å²) in [6.45, 7) is 0. The van der Waals surface area contributed by atoms with Gasteiger partial charge in [0.25, 0.3) is 5.69 Å². The Balaban J connectivity index is 2.85. The second-order valence-corrected chi connectivity index (χ2v) is 2.62. The van der Waals surface area contributed by atoms with E-state index in [1.807, 2.05) is 0 Å². The summed E-state index contributed by atoms with van der Waals surface area (Å²) in [5.74, 6) is 5.44. The van der Waals surface area contributed by atoms with Gasteiger partial charge >= 0.3 is 0 Å². The van der Waals surface area contributed by atoms with Crippen LogP contribution in [-0.4, -0.2) is 4.92 Å². The first-order chi connectivity index (χ1) is 6.74. The van der Waals surface area contributed by atoms with Crippen molar-refractivity contribution < 1.29 is 4.92 Å². The highest BCUT2D eigenvalue weighted by Gasteiger charge is 2.01. The molecule has 1 aromatic carbocycles. The maximum atomic E-state index is 10.3. The zero-order valence-electron chi connectivity index (χ0n) is 7.11. The van der Waals surface area contributed by atoms with Crippen LogP contribution >= 0.6 is 11.6 Å². The summed E-state index contributed by atoms with van der Waals surface area (Å²) in [7, 11) is 0. The molecule has 0 aliphatic carbocycles. The molecular weight excluding hydrogens is 202 g/mol. The molecule has 70 valence electrons. The Labute approximate surface area is 86.2 Å². The Kier molecular flexibility index (Phi) is 3.71. The highest BCUT2D eigenvalue weighted by molar-refractivity contribution is 6.25. The quantitative estimate of drug-likeness (QED) is 0.404. The van der Waals surface area contributed by atoms with Gasteiger partial charge in [-0.05, 0) is 18.2 Å². The van der Waals surface area contributed by atoms with Crippen molar-refractivity contribution in [1.82, 2.24) is 0 Å². The van der Waals surface area contributed by atoms with Crippen molar-refractivity contribution in [3.63, 3.8) is 0 Å². The Morgan fingerprint density at radius 2 is 2.00 bits per heavy atom. The van der Waals surface area contributed by atoms with Crippen LogP contribution in [0.15, 0.2) is 35.9 Å². The number of hydrogen-bond donors (Lipinski definition) is 0. The van der Waals surface area contributed by atoms with Gasteiger partial charge < -0.3 is 0 Å². The topological polar surface area (TPSA) is 43.1 Å². The van der Waals surface area contributed by atoms with E-state index in [2.05, 4.69) is 11.8 Å². The summed E-state index contributed by atoms with van der Waals surface area (Å²) in [6, 6.07) is 6.00. The summed E-state index contributed by atoms with van der Waals surface area (Å²) < 4.78 is 0. The van der Waals surface area contributed by atoms with Crippen molar-refractivity contribution in [3.8, 4) is 11.8 Å². The first-order valence-corrected chi connectivity index (χ1v) is 4.19. The first-order valence-electron chi connectivity index (χ1n) is 3.75. The molecular formula is C10H6ClNO2. The molecule has 0 fully saturated rings. The fourth-order valence-corrected chi connectivity index (χ4v) is 0.886. The minimum Gasteiger partial charge on any atom is -0.258 e. The van der Waals surface area contributed by atoms with Crippen LogP contribution in [-0.2, 0) is 0 Å². The smallest absolute Gasteiger partial charge is 0.258 e. The fourth-order valence-electron chi connectivity index (χ4n) is 0.823. The average Bonchev–Trinajstić information content (AvgIpc) is 2.19. The van der Waals surface area contributed by atoms with Crippen LogP contribution in [0.4, 0.5) is 5.69 Å². The van der Waals surface area contributed by atoms with Gasteiger partial charge in [0.2, 0.25) is 0 Å². The van der Waals surface area contributed by atoms with Crippen molar-refractivity contribution in [2.24, 2.45) is 0 Å². The van der Waals surface area contributed by atoms with Crippen LogP contribution in [0, 0.1) is 22.0 Å². The average molecular weight is 208 g/mol. The van der Waals surface area contributed by atoms with E-state index in [0.29, 0.717) is 5.56 Å². The van der Waals surface area contributed by atoms with Crippen LogP contribution in [0.25, 0.3) is 0 Å². The molecule has 0 saturated carbocycles. The Morgan fingerprint density at radius 3 is 2.50 bits per heavy atom. The molecule has 0 N–H and O–H groups in total. The number of hydrogen-bond acceptors (Lipinski definition) is 2. The third-order valence-corrected chi connectivity index (χ3v) is 1.57. The van der Waals surface area contributed by atoms with Gasteiger partial charge in [-0.3, -0.25) is 10.1 Å². The van der Waals surface area contributed by atoms with Gasteiger partial charge in [0, 0.05) is 23.2 Å². The lowest BCUT2D eigenvalue weighted by Crippen LogP contribution is -1.86.